The number of ether oxygens (including phenoxy) is 2. The lowest BCUT2D eigenvalue weighted by atomic mass is 10.1. The Balaban J connectivity index is 1.90. The zero-order valence-electron chi connectivity index (χ0n) is 16.0. The molecule has 26 heavy (non-hydrogen) atoms. The van der Waals surface area contributed by atoms with E-state index in [0.717, 1.165) is 41.2 Å². The molecule has 6 heteroatoms. The van der Waals surface area contributed by atoms with Crippen molar-refractivity contribution in [3.8, 4) is 5.75 Å². The fourth-order valence-corrected chi connectivity index (χ4v) is 3.47. The minimum atomic E-state index is -0.0242. The van der Waals surface area contributed by atoms with Crippen molar-refractivity contribution in [1.29, 1.82) is 0 Å². The number of benzene rings is 1. The second-order valence-corrected chi connectivity index (χ2v) is 6.58. The minimum absolute atomic E-state index is 0.0242. The molecular weight excluding hydrogens is 330 g/mol. The Bertz CT molecular complexity index is 798. The number of rotatable bonds is 7. The summed E-state index contributed by atoms with van der Waals surface area (Å²) in [5, 5.41) is 4.57. The lowest BCUT2D eigenvalue weighted by Crippen LogP contribution is -2.34. The molecule has 2 aromatic rings. The number of carbonyl (C=O) groups is 1. The maximum atomic E-state index is 13.3. The molecule has 3 rings (SSSR count). The third kappa shape index (κ3) is 3.46. The summed E-state index contributed by atoms with van der Waals surface area (Å²) in [4.78, 5) is 15.1. The SMILES string of the molecule is CCn1nc(C)c(CN(CCOC)C(=O)c2cccc3c2OCC3)c1C. The molecule has 0 unspecified atom stereocenters. The molecular formula is C20H27N3O3. The number of carbonyl (C=O) groups excluding carboxylic acids is 1. The molecule has 0 atom stereocenters. The monoisotopic (exact) mass is 357 g/mol. The fourth-order valence-electron chi connectivity index (χ4n) is 3.47. The molecule has 6 nitrogen and oxygen atoms in total. The van der Waals surface area contributed by atoms with Crippen LogP contribution in [0.2, 0.25) is 0 Å². The number of aromatic nitrogens is 2. The number of hydrogen-bond donors (Lipinski definition) is 0. The highest BCUT2D eigenvalue weighted by atomic mass is 16.5. The number of amides is 1. The van der Waals surface area contributed by atoms with Gasteiger partial charge in [-0.1, -0.05) is 12.1 Å². The summed E-state index contributed by atoms with van der Waals surface area (Å²) in [6.45, 7) is 9.11. The van der Waals surface area contributed by atoms with Crippen molar-refractivity contribution in [3.63, 3.8) is 0 Å². The molecule has 1 amide bonds. The first kappa shape index (κ1) is 18.5. The van der Waals surface area contributed by atoms with Gasteiger partial charge in [-0.05, 0) is 32.4 Å². The van der Waals surface area contributed by atoms with E-state index in [0.29, 0.717) is 31.9 Å². The van der Waals surface area contributed by atoms with E-state index in [4.69, 9.17) is 9.47 Å². The molecule has 0 spiro atoms. The Morgan fingerprint density at radius 3 is 2.88 bits per heavy atom. The summed E-state index contributed by atoms with van der Waals surface area (Å²) in [5.74, 6) is 0.710. The van der Waals surface area contributed by atoms with Gasteiger partial charge in [-0.2, -0.15) is 5.10 Å². The lowest BCUT2D eigenvalue weighted by molar-refractivity contribution is 0.0676. The molecule has 2 heterocycles. The van der Waals surface area contributed by atoms with E-state index in [1.807, 2.05) is 34.7 Å². The molecule has 0 saturated heterocycles. The lowest BCUT2D eigenvalue weighted by Gasteiger charge is -2.23. The van der Waals surface area contributed by atoms with Crippen molar-refractivity contribution in [2.75, 3.05) is 26.9 Å². The van der Waals surface area contributed by atoms with Crippen LogP contribution in [0.15, 0.2) is 18.2 Å². The average Bonchev–Trinajstić information content (AvgIpc) is 3.23. The predicted octanol–water partition coefficient (Wildman–Crippen LogP) is 2.74. The van der Waals surface area contributed by atoms with Crippen molar-refractivity contribution in [3.05, 3.63) is 46.3 Å². The van der Waals surface area contributed by atoms with E-state index in [1.54, 1.807) is 7.11 Å². The summed E-state index contributed by atoms with van der Waals surface area (Å²) >= 11 is 0. The normalized spacial score (nSPS) is 12.8. The van der Waals surface area contributed by atoms with Crippen molar-refractivity contribution in [1.82, 2.24) is 14.7 Å². The number of fused-ring (bicyclic) bond motifs is 1. The Labute approximate surface area is 154 Å². The summed E-state index contributed by atoms with van der Waals surface area (Å²) < 4.78 is 12.9. The number of hydrogen-bond acceptors (Lipinski definition) is 4. The van der Waals surface area contributed by atoms with E-state index < -0.39 is 0 Å². The minimum Gasteiger partial charge on any atom is -0.492 e. The molecule has 1 aromatic heterocycles. The Kier molecular flexibility index (Phi) is 5.61. The van der Waals surface area contributed by atoms with Crippen molar-refractivity contribution < 1.29 is 14.3 Å². The van der Waals surface area contributed by atoms with Gasteiger partial charge in [0.25, 0.3) is 5.91 Å². The van der Waals surface area contributed by atoms with Crippen LogP contribution in [0.5, 0.6) is 5.75 Å². The van der Waals surface area contributed by atoms with Gasteiger partial charge in [-0.3, -0.25) is 9.48 Å². The highest BCUT2D eigenvalue weighted by molar-refractivity contribution is 5.97. The standard InChI is InChI=1S/C20H27N3O3/c1-5-23-15(3)18(14(2)21-23)13-22(10-12-25-4)20(24)17-8-6-7-16-9-11-26-19(16)17/h6-8H,5,9-13H2,1-4H3. The molecule has 0 saturated carbocycles. The summed E-state index contributed by atoms with van der Waals surface area (Å²) in [5.41, 5.74) is 4.91. The largest absolute Gasteiger partial charge is 0.492 e. The van der Waals surface area contributed by atoms with Gasteiger partial charge >= 0.3 is 0 Å². The Morgan fingerprint density at radius 2 is 2.19 bits per heavy atom. The number of aryl methyl sites for hydroxylation is 2. The zero-order chi connectivity index (χ0) is 18.7. The van der Waals surface area contributed by atoms with Crippen LogP contribution in [0, 0.1) is 13.8 Å². The maximum absolute atomic E-state index is 13.3. The summed E-state index contributed by atoms with van der Waals surface area (Å²) in [6, 6.07) is 5.81. The van der Waals surface area contributed by atoms with Crippen LogP contribution in [0.3, 0.4) is 0 Å². The van der Waals surface area contributed by atoms with Gasteiger partial charge in [-0.15, -0.1) is 0 Å². The first-order valence-electron chi connectivity index (χ1n) is 9.12. The van der Waals surface area contributed by atoms with Gasteiger partial charge < -0.3 is 14.4 Å². The maximum Gasteiger partial charge on any atom is 0.258 e. The molecule has 140 valence electrons. The van der Waals surface area contributed by atoms with Gasteiger partial charge in [0.2, 0.25) is 0 Å². The average molecular weight is 357 g/mol. The van der Waals surface area contributed by atoms with Crippen LogP contribution in [0.25, 0.3) is 0 Å². The van der Waals surface area contributed by atoms with Crippen LogP contribution in [-0.4, -0.2) is 47.5 Å². The smallest absolute Gasteiger partial charge is 0.258 e. The number of nitrogens with zero attached hydrogens (tertiary/aromatic N) is 3. The molecule has 0 fully saturated rings. The number of methoxy groups -OCH3 is 1. The van der Waals surface area contributed by atoms with Gasteiger partial charge in [0.05, 0.1) is 24.5 Å². The van der Waals surface area contributed by atoms with Gasteiger partial charge in [0, 0.05) is 44.4 Å². The molecule has 1 aliphatic heterocycles. The first-order valence-corrected chi connectivity index (χ1v) is 9.12. The third-order valence-electron chi connectivity index (χ3n) is 4.98. The fraction of sp³-hybridized carbons (Fsp3) is 0.500. The molecule has 0 N–H and O–H groups in total. The molecule has 0 radical (unpaired) electrons. The van der Waals surface area contributed by atoms with Crippen molar-refractivity contribution in [2.45, 2.75) is 40.3 Å². The number of para-hydroxylation sites is 1. The van der Waals surface area contributed by atoms with Crippen LogP contribution in [0.1, 0.15) is 39.8 Å². The molecule has 0 aliphatic carbocycles. The van der Waals surface area contributed by atoms with Crippen LogP contribution >= 0.6 is 0 Å². The summed E-state index contributed by atoms with van der Waals surface area (Å²) in [6.07, 6.45) is 0.857. The summed E-state index contributed by atoms with van der Waals surface area (Å²) in [7, 11) is 1.65. The second-order valence-electron chi connectivity index (χ2n) is 6.58. The van der Waals surface area contributed by atoms with Gasteiger partial charge in [0.1, 0.15) is 5.75 Å². The van der Waals surface area contributed by atoms with Crippen LogP contribution in [0.4, 0.5) is 0 Å². The predicted molar refractivity (Wildman–Crippen MR) is 99.6 cm³/mol. The Morgan fingerprint density at radius 1 is 1.38 bits per heavy atom. The van der Waals surface area contributed by atoms with Crippen LogP contribution < -0.4 is 4.74 Å². The third-order valence-corrected chi connectivity index (χ3v) is 4.98. The topological polar surface area (TPSA) is 56.6 Å². The highest BCUT2D eigenvalue weighted by Crippen LogP contribution is 2.30. The van der Waals surface area contributed by atoms with E-state index in [1.165, 1.54) is 0 Å². The van der Waals surface area contributed by atoms with E-state index in [-0.39, 0.29) is 5.91 Å². The Hall–Kier alpha value is -2.34. The highest BCUT2D eigenvalue weighted by Gasteiger charge is 2.25. The zero-order valence-corrected chi connectivity index (χ0v) is 16.0. The quantitative estimate of drug-likeness (QED) is 0.765. The van der Waals surface area contributed by atoms with Gasteiger partial charge in [-0.25, -0.2) is 0 Å². The van der Waals surface area contributed by atoms with Crippen molar-refractivity contribution >= 4 is 5.91 Å². The van der Waals surface area contributed by atoms with E-state index >= 15 is 0 Å². The molecule has 1 aliphatic rings. The second kappa shape index (κ2) is 7.91. The first-order chi connectivity index (χ1) is 12.6. The van der Waals surface area contributed by atoms with Crippen LogP contribution in [-0.2, 0) is 24.2 Å². The molecule has 1 aromatic carbocycles. The van der Waals surface area contributed by atoms with E-state index in [2.05, 4.69) is 18.9 Å². The van der Waals surface area contributed by atoms with E-state index in [9.17, 15) is 4.79 Å². The van der Waals surface area contributed by atoms with Gasteiger partial charge in [0.15, 0.2) is 0 Å². The molecule has 0 bridgehead atoms. The van der Waals surface area contributed by atoms with Crippen molar-refractivity contribution in [2.24, 2.45) is 0 Å².